The van der Waals surface area contributed by atoms with E-state index in [1.807, 2.05) is 50.4 Å². The number of aryl methyl sites for hydroxylation is 2. The summed E-state index contributed by atoms with van der Waals surface area (Å²) < 4.78 is 27.7. The van der Waals surface area contributed by atoms with Crippen molar-refractivity contribution in [1.82, 2.24) is 9.71 Å². The van der Waals surface area contributed by atoms with Gasteiger partial charge in [0.05, 0.1) is 11.4 Å². The maximum absolute atomic E-state index is 12.5. The van der Waals surface area contributed by atoms with Gasteiger partial charge in [-0.15, -0.1) is 11.3 Å². The molecule has 0 radical (unpaired) electrons. The summed E-state index contributed by atoms with van der Waals surface area (Å²) in [6.07, 6.45) is 2.63. The first-order valence-corrected chi connectivity index (χ1v) is 10.3. The third kappa shape index (κ3) is 4.54. The molecule has 0 spiro atoms. The molecule has 3 rings (SSSR count). The van der Waals surface area contributed by atoms with Crippen molar-refractivity contribution in [3.63, 3.8) is 0 Å². The fourth-order valence-corrected chi connectivity index (χ4v) is 4.84. The number of hydrogen-bond acceptors (Lipinski definition) is 4. The van der Waals surface area contributed by atoms with E-state index < -0.39 is 10.0 Å². The summed E-state index contributed by atoms with van der Waals surface area (Å²) >= 11 is 1.53. The molecule has 3 aromatic rings. The average molecular weight is 373 g/mol. The second-order valence-corrected chi connectivity index (χ2v) is 8.91. The number of nitrogens with zero attached hydrogens (tertiary/aromatic N) is 1. The largest absolute Gasteiger partial charge is 0.248 e. The summed E-state index contributed by atoms with van der Waals surface area (Å²) in [6, 6.07) is 15.5. The van der Waals surface area contributed by atoms with Crippen LogP contribution in [0.4, 0.5) is 0 Å². The minimum Gasteiger partial charge on any atom is -0.248 e. The summed E-state index contributed by atoms with van der Waals surface area (Å²) in [5.74, 6) is 0. The fraction of sp³-hybridized carbons (Fsp3) is 0.211. The topological polar surface area (TPSA) is 59.1 Å². The number of rotatable bonds is 6. The second-order valence-electron chi connectivity index (χ2n) is 5.98. The molecule has 6 heteroatoms. The Kier molecular flexibility index (Phi) is 5.32. The Morgan fingerprint density at radius 2 is 1.84 bits per heavy atom. The van der Waals surface area contributed by atoms with Gasteiger partial charge in [0, 0.05) is 17.5 Å². The molecule has 0 bridgehead atoms. The lowest BCUT2D eigenvalue weighted by molar-refractivity contribution is 0.580. The van der Waals surface area contributed by atoms with Gasteiger partial charge in [0.25, 0.3) is 0 Å². The van der Waals surface area contributed by atoms with Gasteiger partial charge >= 0.3 is 0 Å². The third-order valence-electron chi connectivity index (χ3n) is 3.86. The van der Waals surface area contributed by atoms with E-state index in [4.69, 9.17) is 0 Å². The summed E-state index contributed by atoms with van der Waals surface area (Å²) in [5, 5.41) is 0.763. The summed E-state index contributed by atoms with van der Waals surface area (Å²) in [4.78, 5) is 5.77. The molecule has 1 heterocycles. The van der Waals surface area contributed by atoms with E-state index in [2.05, 4.69) is 21.8 Å². The Labute approximate surface area is 152 Å². The summed E-state index contributed by atoms with van der Waals surface area (Å²) in [5.41, 5.74) is 3.01. The lowest BCUT2D eigenvalue weighted by Crippen LogP contribution is -2.23. The lowest BCUT2D eigenvalue weighted by atomic mass is 10.1. The number of nitrogens with one attached hydrogen (secondary N) is 1. The van der Waals surface area contributed by atoms with E-state index in [9.17, 15) is 8.42 Å². The van der Waals surface area contributed by atoms with Crippen LogP contribution in [0.25, 0.3) is 0 Å². The van der Waals surface area contributed by atoms with Crippen LogP contribution in [0.3, 0.4) is 0 Å². The van der Waals surface area contributed by atoms with E-state index in [1.165, 1.54) is 16.9 Å². The smallest absolute Gasteiger partial charge is 0.241 e. The highest BCUT2D eigenvalue weighted by atomic mass is 32.2. The van der Waals surface area contributed by atoms with Crippen molar-refractivity contribution in [3.8, 4) is 0 Å². The standard InChI is InChI=1S/C19H20N2O2S2/c1-14-8-9-18(15(2)10-14)25(22,23)21-13-19-20-12-17(24-19)11-16-6-4-3-5-7-16/h3-10,12,21H,11,13H2,1-2H3. The van der Waals surface area contributed by atoms with Crippen LogP contribution >= 0.6 is 11.3 Å². The molecule has 0 saturated carbocycles. The SMILES string of the molecule is Cc1ccc(S(=O)(=O)NCc2ncc(Cc3ccccc3)s2)c(C)c1. The zero-order chi connectivity index (χ0) is 17.9. The predicted molar refractivity (Wildman–Crippen MR) is 101 cm³/mol. The van der Waals surface area contributed by atoms with Crippen molar-refractivity contribution in [2.75, 3.05) is 0 Å². The number of sulfonamides is 1. The highest BCUT2D eigenvalue weighted by Gasteiger charge is 2.17. The molecule has 0 aliphatic carbocycles. The molecule has 4 nitrogen and oxygen atoms in total. The minimum atomic E-state index is -3.54. The summed E-state index contributed by atoms with van der Waals surface area (Å²) in [7, 11) is -3.54. The van der Waals surface area contributed by atoms with Crippen LogP contribution in [0.1, 0.15) is 26.6 Å². The molecule has 0 aliphatic rings. The van der Waals surface area contributed by atoms with Crippen molar-refractivity contribution in [2.45, 2.75) is 31.7 Å². The maximum Gasteiger partial charge on any atom is 0.241 e. The fourth-order valence-electron chi connectivity index (χ4n) is 2.64. The highest BCUT2D eigenvalue weighted by Crippen LogP contribution is 2.19. The van der Waals surface area contributed by atoms with E-state index in [0.717, 1.165) is 27.4 Å². The maximum atomic E-state index is 12.5. The van der Waals surface area contributed by atoms with Gasteiger partial charge in [-0.3, -0.25) is 0 Å². The van der Waals surface area contributed by atoms with E-state index in [1.54, 1.807) is 6.07 Å². The number of thiazole rings is 1. The molecule has 0 saturated heterocycles. The minimum absolute atomic E-state index is 0.203. The van der Waals surface area contributed by atoms with Crippen molar-refractivity contribution in [1.29, 1.82) is 0 Å². The molecule has 2 aromatic carbocycles. The second kappa shape index (κ2) is 7.47. The molecule has 130 valence electrons. The quantitative estimate of drug-likeness (QED) is 0.715. The predicted octanol–water partition coefficient (Wildman–Crippen LogP) is 3.83. The van der Waals surface area contributed by atoms with Gasteiger partial charge in [-0.2, -0.15) is 0 Å². The van der Waals surface area contributed by atoms with Crippen molar-refractivity contribution in [2.24, 2.45) is 0 Å². The highest BCUT2D eigenvalue weighted by molar-refractivity contribution is 7.89. The van der Waals surface area contributed by atoms with Crippen molar-refractivity contribution in [3.05, 3.63) is 81.3 Å². The Hall–Kier alpha value is -2.02. The molecular weight excluding hydrogens is 352 g/mol. The van der Waals surface area contributed by atoms with Gasteiger partial charge in [0.1, 0.15) is 5.01 Å². The molecule has 0 unspecified atom stereocenters. The number of aromatic nitrogens is 1. The van der Waals surface area contributed by atoms with Gasteiger partial charge < -0.3 is 0 Å². The summed E-state index contributed by atoms with van der Waals surface area (Å²) in [6.45, 7) is 3.96. The first-order chi connectivity index (χ1) is 11.9. The average Bonchev–Trinajstić information content (AvgIpc) is 3.01. The van der Waals surface area contributed by atoms with Gasteiger partial charge in [-0.1, -0.05) is 48.0 Å². The van der Waals surface area contributed by atoms with Gasteiger partial charge in [0.2, 0.25) is 10.0 Å². The van der Waals surface area contributed by atoms with Crippen LogP contribution < -0.4 is 4.72 Å². The normalized spacial score (nSPS) is 11.6. The van der Waals surface area contributed by atoms with Crippen LogP contribution in [0, 0.1) is 13.8 Å². The molecule has 0 fully saturated rings. The van der Waals surface area contributed by atoms with Crippen LogP contribution in [0.15, 0.2) is 59.6 Å². The molecular formula is C19H20N2O2S2. The third-order valence-corrected chi connectivity index (χ3v) is 6.41. The molecule has 0 amide bonds. The lowest BCUT2D eigenvalue weighted by Gasteiger charge is -2.09. The zero-order valence-electron chi connectivity index (χ0n) is 14.2. The number of benzene rings is 2. The Morgan fingerprint density at radius 3 is 2.56 bits per heavy atom. The number of hydrogen-bond donors (Lipinski definition) is 1. The van der Waals surface area contributed by atoms with Gasteiger partial charge in [-0.25, -0.2) is 18.1 Å². The Bertz CT molecular complexity index is 964. The monoisotopic (exact) mass is 372 g/mol. The zero-order valence-corrected chi connectivity index (χ0v) is 15.8. The van der Waals surface area contributed by atoms with Crippen molar-refractivity contribution < 1.29 is 8.42 Å². The Morgan fingerprint density at radius 1 is 1.08 bits per heavy atom. The molecule has 25 heavy (non-hydrogen) atoms. The van der Waals surface area contributed by atoms with Gasteiger partial charge in [-0.05, 0) is 31.0 Å². The van der Waals surface area contributed by atoms with Gasteiger partial charge in [0.15, 0.2) is 0 Å². The van der Waals surface area contributed by atoms with Crippen LogP contribution in [0.5, 0.6) is 0 Å². The first-order valence-electron chi connectivity index (χ1n) is 7.98. The van der Waals surface area contributed by atoms with Crippen LogP contribution in [-0.4, -0.2) is 13.4 Å². The molecule has 1 aromatic heterocycles. The molecule has 1 N–H and O–H groups in total. The van der Waals surface area contributed by atoms with Crippen LogP contribution in [-0.2, 0) is 23.0 Å². The molecule has 0 aliphatic heterocycles. The first kappa shape index (κ1) is 17.8. The van der Waals surface area contributed by atoms with Crippen molar-refractivity contribution >= 4 is 21.4 Å². The Balaban J connectivity index is 1.67. The molecule has 0 atom stereocenters. The van der Waals surface area contributed by atoms with Crippen LogP contribution in [0.2, 0.25) is 0 Å². The van der Waals surface area contributed by atoms with E-state index in [0.29, 0.717) is 4.90 Å². The van der Waals surface area contributed by atoms with E-state index in [-0.39, 0.29) is 6.54 Å². The van der Waals surface area contributed by atoms with E-state index >= 15 is 0 Å².